The van der Waals surface area contributed by atoms with Gasteiger partial charge in [0, 0.05) is 28.5 Å². The molecule has 2 aromatic carbocycles. The van der Waals surface area contributed by atoms with E-state index in [4.69, 9.17) is 23.2 Å². The second-order valence-corrected chi connectivity index (χ2v) is 9.15. The van der Waals surface area contributed by atoms with Gasteiger partial charge in [0.15, 0.2) is 5.78 Å². The van der Waals surface area contributed by atoms with E-state index < -0.39 is 0 Å². The first kappa shape index (κ1) is 18.7. The molecule has 2 heterocycles. The summed E-state index contributed by atoms with van der Waals surface area (Å²) in [5.41, 5.74) is 4.62. The maximum atomic E-state index is 13.4. The van der Waals surface area contributed by atoms with Crippen LogP contribution in [-0.2, 0) is 4.79 Å². The molecule has 2 aliphatic rings. The van der Waals surface area contributed by atoms with Crippen LogP contribution in [0.25, 0.3) is 0 Å². The van der Waals surface area contributed by atoms with Gasteiger partial charge in [-0.2, -0.15) is 0 Å². The highest BCUT2D eigenvalue weighted by molar-refractivity contribution is 7.10. The predicted octanol–water partition coefficient (Wildman–Crippen LogP) is 7.03. The Balaban J connectivity index is 1.64. The van der Waals surface area contributed by atoms with Crippen LogP contribution in [0.3, 0.4) is 0 Å². The second kappa shape index (κ2) is 7.52. The standard InChI is InChI=1S/C23H18Cl2N2OS/c24-15-8-7-13(10-16(15)25)23-22-19(26-17-4-1-2-5-18(17)27-23)11-14(12-20(22)28)21-6-3-9-29-21/h1-10,14,23,26-27H,11-12H2/t14-,23+/m1/s1. The second-order valence-electron chi connectivity index (χ2n) is 7.36. The fraction of sp³-hybridized carbons (Fsp3) is 0.174. The zero-order chi connectivity index (χ0) is 20.0. The Labute approximate surface area is 183 Å². The van der Waals surface area contributed by atoms with E-state index in [0.717, 1.165) is 34.6 Å². The number of hydrogen-bond donors (Lipinski definition) is 2. The minimum Gasteiger partial charge on any atom is -0.372 e. The molecule has 29 heavy (non-hydrogen) atoms. The molecule has 2 N–H and O–H groups in total. The molecular formula is C23H18Cl2N2OS. The summed E-state index contributed by atoms with van der Waals surface area (Å²) in [6, 6.07) is 17.5. The summed E-state index contributed by atoms with van der Waals surface area (Å²) in [6.07, 6.45) is 1.31. The molecule has 1 aromatic heterocycles. The van der Waals surface area contributed by atoms with Crippen molar-refractivity contribution in [1.29, 1.82) is 0 Å². The van der Waals surface area contributed by atoms with Crippen LogP contribution < -0.4 is 10.6 Å². The molecule has 6 heteroatoms. The number of allylic oxidation sites excluding steroid dienone is 1. The third-order valence-electron chi connectivity index (χ3n) is 5.53. The largest absolute Gasteiger partial charge is 0.372 e. The Bertz CT molecular complexity index is 1120. The Hall–Kier alpha value is -2.27. The summed E-state index contributed by atoms with van der Waals surface area (Å²) >= 11 is 14.1. The fourth-order valence-corrected chi connectivity index (χ4v) is 5.30. The first-order valence-corrected chi connectivity index (χ1v) is 11.1. The van der Waals surface area contributed by atoms with Gasteiger partial charge in [0.1, 0.15) is 0 Å². The molecule has 0 radical (unpaired) electrons. The molecule has 0 fully saturated rings. The number of carbonyl (C=O) groups excluding carboxylic acids is 1. The quantitative estimate of drug-likeness (QED) is 0.448. The van der Waals surface area contributed by atoms with Crippen molar-refractivity contribution in [3.63, 3.8) is 0 Å². The van der Waals surface area contributed by atoms with Crippen LogP contribution in [0.5, 0.6) is 0 Å². The van der Waals surface area contributed by atoms with Crippen LogP contribution in [0.1, 0.15) is 35.2 Å². The van der Waals surface area contributed by atoms with Crippen LogP contribution in [0, 0.1) is 0 Å². The van der Waals surface area contributed by atoms with Crippen molar-refractivity contribution >= 4 is 51.7 Å². The van der Waals surface area contributed by atoms with Crippen LogP contribution in [0.15, 0.2) is 71.2 Å². The van der Waals surface area contributed by atoms with E-state index in [0.29, 0.717) is 16.5 Å². The number of benzene rings is 2. The third-order valence-corrected chi connectivity index (χ3v) is 7.31. The highest BCUT2D eigenvalue weighted by Gasteiger charge is 2.36. The van der Waals surface area contributed by atoms with Crippen LogP contribution >= 0.6 is 34.5 Å². The summed E-state index contributed by atoms with van der Waals surface area (Å²) < 4.78 is 0. The van der Waals surface area contributed by atoms with E-state index in [1.807, 2.05) is 42.5 Å². The van der Waals surface area contributed by atoms with Gasteiger partial charge in [-0.1, -0.05) is 47.5 Å². The Kier molecular flexibility index (Phi) is 4.86. The molecule has 3 aromatic rings. The summed E-state index contributed by atoms with van der Waals surface area (Å²) in [4.78, 5) is 14.6. The van der Waals surface area contributed by atoms with Crippen LogP contribution in [-0.4, -0.2) is 5.78 Å². The van der Waals surface area contributed by atoms with Gasteiger partial charge in [-0.15, -0.1) is 11.3 Å². The average molecular weight is 441 g/mol. The summed E-state index contributed by atoms with van der Waals surface area (Å²) in [5.74, 6) is 0.363. The minimum absolute atomic E-state index is 0.161. The van der Waals surface area contributed by atoms with E-state index in [-0.39, 0.29) is 17.7 Å². The number of carbonyl (C=O) groups is 1. The normalized spacial score (nSPS) is 21.0. The number of thiophene rings is 1. The minimum atomic E-state index is -0.285. The van der Waals surface area contributed by atoms with Gasteiger partial charge >= 0.3 is 0 Å². The Morgan fingerprint density at radius 1 is 0.931 bits per heavy atom. The van der Waals surface area contributed by atoms with Crippen molar-refractivity contribution in [3.8, 4) is 0 Å². The molecule has 0 saturated heterocycles. The highest BCUT2D eigenvalue weighted by atomic mass is 35.5. The number of para-hydroxylation sites is 2. The molecule has 3 nitrogen and oxygen atoms in total. The number of halogens is 2. The molecular weight excluding hydrogens is 423 g/mol. The lowest BCUT2D eigenvalue weighted by Gasteiger charge is -2.29. The lowest BCUT2D eigenvalue weighted by Crippen LogP contribution is -2.26. The molecule has 0 unspecified atom stereocenters. The highest BCUT2D eigenvalue weighted by Crippen LogP contribution is 2.45. The number of Topliss-reactive ketones (excluding diaryl/α,β-unsaturated/α-hetero) is 1. The van der Waals surface area contributed by atoms with Crippen LogP contribution in [0.4, 0.5) is 11.4 Å². The molecule has 0 spiro atoms. The summed E-state index contributed by atoms with van der Waals surface area (Å²) in [6.45, 7) is 0. The number of anilines is 2. The average Bonchev–Trinajstić information content (AvgIpc) is 3.19. The van der Waals surface area contributed by atoms with Gasteiger partial charge in [0.05, 0.1) is 27.5 Å². The molecule has 5 rings (SSSR count). The lowest BCUT2D eigenvalue weighted by molar-refractivity contribution is -0.116. The van der Waals surface area contributed by atoms with Gasteiger partial charge in [-0.25, -0.2) is 0 Å². The summed E-state index contributed by atoms with van der Waals surface area (Å²) in [5, 5.41) is 10.2. The molecule has 0 bridgehead atoms. The molecule has 146 valence electrons. The van der Waals surface area contributed by atoms with Crippen LogP contribution in [0.2, 0.25) is 10.0 Å². The van der Waals surface area contributed by atoms with Crippen molar-refractivity contribution in [2.24, 2.45) is 0 Å². The van der Waals surface area contributed by atoms with Crippen molar-refractivity contribution < 1.29 is 4.79 Å². The number of nitrogens with one attached hydrogen (secondary N) is 2. The first-order chi connectivity index (χ1) is 14.1. The first-order valence-electron chi connectivity index (χ1n) is 9.47. The number of rotatable bonds is 2. The zero-order valence-corrected chi connectivity index (χ0v) is 17.7. The van der Waals surface area contributed by atoms with E-state index in [2.05, 4.69) is 22.1 Å². The maximum Gasteiger partial charge on any atom is 0.163 e. The predicted molar refractivity (Wildman–Crippen MR) is 121 cm³/mol. The van der Waals surface area contributed by atoms with E-state index in [1.165, 1.54) is 4.88 Å². The van der Waals surface area contributed by atoms with Gasteiger partial charge in [-0.05, 0) is 47.7 Å². The van der Waals surface area contributed by atoms with Gasteiger partial charge in [0.25, 0.3) is 0 Å². The van der Waals surface area contributed by atoms with Gasteiger partial charge in [-0.3, -0.25) is 4.79 Å². The third kappa shape index (κ3) is 3.46. The van der Waals surface area contributed by atoms with E-state index in [9.17, 15) is 4.79 Å². The lowest BCUT2D eigenvalue weighted by atomic mass is 9.81. The van der Waals surface area contributed by atoms with Gasteiger partial charge < -0.3 is 10.6 Å². The van der Waals surface area contributed by atoms with E-state index >= 15 is 0 Å². The maximum absolute atomic E-state index is 13.4. The molecule has 0 amide bonds. The summed E-state index contributed by atoms with van der Waals surface area (Å²) in [7, 11) is 0. The Morgan fingerprint density at radius 3 is 2.52 bits per heavy atom. The smallest absolute Gasteiger partial charge is 0.163 e. The Morgan fingerprint density at radius 2 is 1.76 bits per heavy atom. The van der Waals surface area contributed by atoms with E-state index in [1.54, 1.807) is 17.4 Å². The molecule has 2 atom stereocenters. The molecule has 1 aliphatic carbocycles. The SMILES string of the molecule is O=C1C[C@H](c2cccs2)CC2=C1[C@H](c1ccc(Cl)c(Cl)c1)Nc1ccccc1N2. The van der Waals surface area contributed by atoms with Crippen molar-refractivity contribution in [2.45, 2.75) is 24.8 Å². The zero-order valence-electron chi connectivity index (χ0n) is 15.4. The number of hydrogen-bond acceptors (Lipinski definition) is 4. The number of fused-ring (bicyclic) bond motifs is 1. The van der Waals surface area contributed by atoms with Crippen molar-refractivity contribution in [2.75, 3.05) is 10.6 Å². The van der Waals surface area contributed by atoms with Crippen molar-refractivity contribution in [3.05, 3.63) is 91.7 Å². The fourth-order valence-electron chi connectivity index (χ4n) is 4.16. The molecule has 1 aliphatic heterocycles. The topological polar surface area (TPSA) is 41.1 Å². The monoisotopic (exact) mass is 440 g/mol. The van der Waals surface area contributed by atoms with Gasteiger partial charge in [0.2, 0.25) is 0 Å². The van der Waals surface area contributed by atoms with Crippen molar-refractivity contribution in [1.82, 2.24) is 0 Å². The number of ketones is 1. The molecule has 0 saturated carbocycles.